The molecule has 0 aromatic heterocycles. The van der Waals surface area contributed by atoms with Crippen LogP contribution in [0.2, 0.25) is 5.02 Å². The van der Waals surface area contributed by atoms with E-state index in [1.165, 1.54) is 0 Å². The third kappa shape index (κ3) is 5.64. The van der Waals surface area contributed by atoms with Crippen LogP contribution < -0.4 is 16.2 Å². The highest BCUT2D eigenvalue weighted by Gasteiger charge is 2.17. The molecule has 0 unspecified atom stereocenters. The molecule has 0 aliphatic heterocycles. The number of nitrogens with one attached hydrogen (secondary N) is 3. The molecular formula is C16H14ClFN4O3S. The molecule has 26 heavy (non-hydrogen) atoms. The third-order valence-electron chi connectivity index (χ3n) is 3.31. The van der Waals surface area contributed by atoms with Gasteiger partial charge in [-0.1, -0.05) is 23.7 Å². The second-order valence-electron chi connectivity index (χ2n) is 5.13. The van der Waals surface area contributed by atoms with Gasteiger partial charge in [-0.3, -0.25) is 25.8 Å². The summed E-state index contributed by atoms with van der Waals surface area (Å²) in [4.78, 5) is 21.7. The minimum atomic E-state index is -1.01. The van der Waals surface area contributed by atoms with Gasteiger partial charge in [0.25, 0.3) is 5.91 Å². The molecule has 1 amide bonds. The van der Waals surface area contributed by atoms with Crippen LogP contribution in [0.15, 0.2) is 42.5 Å². The lowest BCUT2D eigenvalue weighted by atomic mass is 10.1. The summed E-state index contributed by atoms with van der Waals surface area (Å²) in [7, 11) is 0. The predicted molar refractivity (Wildman–Crippen MR) is 99.4 cm³/mol. The van der Waals surface area contributed by atoms with Crippen molar-refractivity contribution in [2.75, 3.05) is 6.54 Å². The summed E-state index contributed by atoms with van der Waals surface area (Å²) in [6.07, 6.45) is 0.692. The van der Waals surface area contributed by atoms with Gasteiger partial charge in [0, 0.05) is 23.2 Å². The number of nitro groups is 1. The molecule has 2 rings (SSSR count). The predicted octanol–water partition coefficient (Wildman–Crippen LogP) is 2.74. The van der Waals surface area contributed by atoms with Gasteiger partial charge in [0.1, 0.15) is 0 Å². The number of carbonyl (C=O) groups is 1. The third-order valence-corrected chi connectivity index (χ3v) is 3.81. The van der Waals surface area contributed by atoms with E-state index >= 15 is 0 Å². The van der Waals surface area contributed by atoms with Crippen LogP contribution in [0.25, 0.3) is 0 Å². The SMILES string of the molecule is O=C(NNC(=S)NCCc1ccc(Cl)cc1)c1ccc(F)c([N+](=O)[O-])c1. The van der Waals surface area contributed by atoms with Crippen LogP contribution in [-0.2, 0) is 6.42 Å². The number of rotatable bonds is 5. The Hall–Kier alpha value is -2.78. The summed E-state index contributed by atoms with van der Waals surface area (Å²) in [6.45, 7) is 0.519. The lowest BCUT2D eigenvalue weighted by molar-refractivity contribution is -0.387. The van der Waals surface area contributed by atoms with E-state index in [4.69, 9.17) is 23.8 Å². The fraction of sp³-hybridized carbons (Fsp3) is 0.125. The number of hydrogen-bond donors (Lipinski definition) is 3. The minimum absolute atomic E-state index is 0.0745. The average Bonchev–Trinajstić information content (AvgIpc) is 2.61. The smallest absolute Gasteiger partial charge is 0.305 e. The monoisotopic (exact) mass is 396 g/mol. The van der Waals surface area contributed by atoms with E-state index < -0.39 is 22.3 Å². The number of hydrazine groups is 1. The number of hydrogen-bond acceptors (Lipinski definition) is 4. The zero-order valence-electron chi connectivity index (χ0n) is 13.3. The Morgan fingerprint density at radius 3 is 2.54 bits per heavy atom. The second-order valence-corrected chi connectivity index (χ2v) is 5.98. The van der Waals surface area contributed by atoms with Crippen molar-refractivity contribution in [3.8, 4) is 0 Å². The van der Waals surface area contributed by atoms with Crippen molar-refractivity contribution in [2.24, 2.45) is 0 Å². The molecule has 136 valence electrons. The summed E-state index contributed by atoms with van der Waals surface area (Å²) < 4.78 is 13.3. The first kappa shape index (κ1) is 19.5. The highest BCUT2D eigenvalue weighted by Crippen LogP contribution is 2.18. The van der Waals surface area contributed by atoms with E-state index in [0.29, 0.717) is 18.0 Å². The van der Waals surface area contributed by atoms with Crippen molar-refractivity contribution in [3.63, 3.8) is 0 Å². The summed E-state index contributed by atoms with van der Waals surface area (Å²) in [5.74, 6) is -1.70. The highest BCUT2D eigenvalue weighted by molar-refractivity contribution is 7.80. The Bertz CT molecular complexity index is 833. The van der Waals surface area contributed by atoms with Gasteiger partial charge in [-0.25, -0.2) is 0 Å². The molecule has 0 bridgehead atoms. The fourth-order valence-corrected chi connectivity index (χ4v) is 2.27. The van der Waals surface area contributed by atoms with Gasteiger partial charge in [0.2, 0.25) is 5.82 Å². The molecule has 0 radical (unpaired) electrons. The Kier molecular flexibility index (Phi) is 6.81. The number of benzene rings is 2. The molecule has 3 N–H and O–H groups in total. The maximum atomic E-state index is 13.3. The van der Waals surface area contributed by atoms with E-state index in [-0.39, 0.29) is 10.7 Å². The molecule has 0 spiro atoms. The number of carbonyl (C=O) groups excluding carboxylic acids is 1. The summed E-state index contributed by atoms with van der Waals surface area (Å²) >= 11 is 10.8. The summed E-state index contributed by atoms with van der Waals surface area (Å²) in [6, 6.07) is 10.2. The first-order valence-corrected chi connectivity index (χ1v) is 8.18. The lowest BCUT2D eigenvalue weighted by Crippen LogP contribution is -2.47. The first-order valence-electron chi connectivity index (χ1n) is 7.39. The minimum Gasteiger partial charge on any atom is -0.361 e. The molecule has 0 aliphatic rings. The maximum absolute atomic E-state index is 13.3. The molecule has 0 atom stereocenters. The van der Waals surface area contributed by atoms with E-state index in [1.54, 1.807) is 12.1 Å². The zero-order chi connectivity index (χ0) is 19.1. The molecule has 0 saturated carbocycles. The Morgan fingerprint density at radius 1 is 1.19 bits per heavy atom. The molecule has 0 fully saturated rings. The van der Waals surface area contributed by atoms with E-state index in [9.17, 15) is 19.3 Å². The van der Waals surface area contributed by atoms with Crippen LogP contribution in [0, 0.1) is 15.9 Å². The molecule has 0 heterocycles. The molecule has 0 saturated heterocycles. The second kappa shape index (κ2) is 9.07. The van der Waals surface area contributed by atoms with Gasteiger partial charge < -0.3 is 5.32 Å². The Labute approximate surface area is 158 Å². The van der Waals surface area contributed by atoms with Crippen LogP contribution in [0.3, 0.4) is 0 Å². The number of thiocarbonyl (C=S) groups is 1. The standard InChI is InChI=1S/C16H14ClFN4O3S/c17-12-4-1-10(2-5-12)7-8-19-16(26)21-20-15(23)11-3-6-13(18)14(9-11)22(24)25/h1-6,9H,7-8H2,(H,20,23)(H2,19,21,26). The average molecular weight is 397 g/mol. The van der Waals surface area contributed by atoms with E-state index in [1.807, 2.05) is 12.1 Å². The van der Waals surface area contributed by atoms with E-state index in [2.05, 4.69) is 16.2 Å². The van der Waals surface area contributed by atoms with Crippen molar-refractivity contribution < 1.29 is 14.1 Å². The normalized spacial score (nSPS) is 10.1. The van der Waals surface area contributed by atoms with Gasteiger partial charge in [-0.05, 0) is 48.5 Å². The van der Waals surface area contributed by atoms with E-state index in [0.717, 1.165) is 23.8 Å². The highest BCUT2D eigenvalue weighted by atomic mass is 35.5. The quantitative estimate of drug-likeness (QED) is 0.408. The van der Waals surface area contributed by atoms with Crippen LogP contribution in [0.1, 0.15) is 15.9 Å². The van der Waals surface area contributed by atoms with Crippen molar-refractivity contribution >= 4 is 40.5 Å². The van der Waals surface area contributed by atoms with Gasteiger partial charge in [-0.2, -0.15) is 4.39 Å². The molecule has 10 heteroatoms. The van der Waals surface area contributed by atoms with Crippen LogP contribution >= 0.6 is 23.8 Å². The van der Waals surface area contributed by atoms with Crippen LogP contribution in [0.5, 0.6) is 0 Å². The lowest BCUT2D eigenvalue weighted by Gasteiger charge is -2.11. The number of nitro benzene ring substituents is 1. The topological polar surface area (TPSA) is 96.3 Å². The summed E-state index contributed by atoms with van der Waals surface area (Å²) in [5, 5.41) is 14.4. The maximum Gasteiger partial charge on any atom is 0.305 e. The Morgan fingerprint density at radius 2 is 1.88 bits per heavy atom. The first-order chi connectivity index (χ1) is 12.4. The fourth-order valence-electron chi connectivity index (χ4n) is 2.00. The van der Waals surface area contributed by atoms with Crippen molar-refractivity contribution in [3.05, 3.63) is 74.5 Å². The molecule has 2 aromatic carbocycles. The van der Waals surface area contributed by atoms with Crippen molar-refractivity contribution in [1.29, 1.82) is 0 Å². The van der Waals surface area contributed by atoms with Crippen molar-refractivity contribution in [1.82, 2.24) is 16.2 Å². The van der Waals surface area contributed by atoms with Gasteiger partial charge in [-0.15, -0.1) is 0 Å². The molecule has 2 aromatic rings. The van der Waals surface area contributed by atoms with Gasteiger partial charge >= 0.3 is 5.69 Å². The number of nitrogens with zero attached hydrogens (tertiary/aromatic N) is 1. The summed E-state index contributed by atoms with van der Waals surface area (Å²) in [5.41, 5.74) is 4.97. The van der Waals surface area contributed by atoms with Crippen LogP contribution in [-0.4, -0.2) is 22.5 Å². The van der Waals surface area contributed by atoms with Crippen LogP contribution in [0.4, 0.5) is 10.1 Å². The Balaban J connectivity index is 1.79. The largest absolute Gasteiger partial charge is 0.361 e. The molecular weight excluding hydrogens is 383 g/mol. The van der Waals surface area contributed by atoms with Gasteiger partial charge in [0.15, 0.2) is 5.11 Å². The zero-order valence-corrected chi connectivity index (χ0v) is 14.9. The van der Waals surface area contributed by atoms with Gasteiger partial charge in [0.05, 0.1) is 4.92 Å². The van der Waals surface area contributed by atoms with Crippen molar-refractivity contribution in [2.45, 2.75) is 6.42 Å². The molecule has 7 nitrogen and oxygen atoms in total. The number of halogens is 2. The number of amides is 1. The molecule has 0 aliphatic carbocycles.